The molecule has 1 aromatic carbocycles. The molecule has 0 bridgehead atoms. The van der Waals surface area contributed by atoms with Crippen molar-refractivity contribution < 1.29 is 19.9 Å². The normalized spacial score (nSPS) is 23.6. The third kappa shape index (κ3) is 3.86. The topological polar surface area (TPSA) is 170 Å². The van der Waals surface area contributed by atoms with E-state index in [1.54, 1.807) is 16.8 Å². The van der Waals surface area contributed by atoms with Crippen LogP contribution < -0.4 is 32.1 Å². The van der Waals surface area contributed by atoms with Crippen molar-refractivity contribution in [2.24, 2.45) is 17.4 Å². The molecule has 1 aromatic rings. The Kier molecular flexibility index (Phi) is 6.30. The van der Waals surface area contributed by atoms with Gasteiger partial charge in [-0.25, -0.2) is 0 Å². The summed E-state index contributed by atoms with van der Waals surface area (Å²) in [7, 11) is 0.200. The lowest BCUT2D eigenvalue weighted by Gasteiger charge is -2.32. The monoisotopic (exact) mass is 382 g/mol. The molecule has 0 spiro atoms. The Hall–Kier alpha value is -1.95. The van der Waals surface area contributed by atoms with E-state index < -0.39 is 35.4 Å². The first-order valence-electron chi connectivity index (χ1n) is 8.94. The number of nitrogens with zero attached hydrogens (tertiary/aromatic N) is 2. The van der Waals surface area contributed by atoms with Crippen molar-refractivity contribution >= 4 is 24.5 Å². The highest BCUT2D eigenvalue weighted by molar-refractivity contribution is 6.40. The summed E-state index contributed by atoms with van der Waals surface area (Å²) in [5, 5.41) is 27.6. The van der Waals surface area contributed by atoms with E-state index in [4.69, 9.17) is 21.5 Å². The molecule has 1 aliphatic heterocycles. The van der Waals surface area contributed by atoms with E-state index in [9.17, 15) is 19.5 Å². The van der Waals surface area contributed by atoms with Crippen molar-refractivity contribution in [2.75, 3.05) is 36.5 Å². The zero-order valence-corrected chi connectivity index (χ0v) is 15.6. The average Bonchev–Trinajstić information content (AvgIpc) is 2.94. The van der Waals surface area contributed by atoms with Gasteiger partial charge in [-0.2, -0.15) is 0 Å². The number of aliphatic carboxylic acids is 1. The van der Waals surface area contributed by atoms with Crippen molar-refractivity contribution in [3.8, 4) is 0 Å². The second-order valence-electron chi connectivity index (χ2n) is 7.39. The second-order valence-corrected chi connectivity index (χ2v) is 7.39. The van der Waals surface area contributed by atoms with E-state index in [1.165, 1.54) is 0 Å². The molecule has 1 fully saturated rings. The summed E-state index contributed by atoms with van der Waals surface area (Å²) in [5.74, 6) is -1.69. The molecule has 3 atom stereocenters. The lowest BCUT2D eigenvalue weighted by atomic mass is 9.78. The maximum Gasteiger partial charge on any atom is 0.451 e. The summed E-state index contributed by atoms with van der Waals surface area (Å²) < 4.78 is 0. The minimum Gasteiger partial charge on any atom is -0.480 e. The van der Waals surface area contributed by atoms with Crippen LogP contribution in [-0.4, -0.2) is 66.5 Å². The van der Waals surface area contributed by atoms with Crippen LogP contribution in [0.1, 0.15) is 19.8 Å². The van der Waals surface area contributed by atoms with Gasteiger partial charge in [-0.1, -0.05) is 6.42 Å². The molecule has 0 aromatic heterocycles. The van der Waals surface area contributed by atoms with Gasteiger partial charge >= 0.3 is 13.1 Å². The molecule has 27 heavy (non-hydrogen) atoms. The van der Waals surface area contributed by atoms with E-state index in [0.29, 0.717) is 12.8 Å². The first-order valence-corrected chi connectivity index (χ1v) is 8.94. The summed E-state index contributed by atoms with van der Waals surface area (Å²) >= 11 is 0. The summed E-state index contributed by atoms with van der Waals surface area (Å²) in [6.45, 7) is 2.21. The maximum atomic E-state index is 12.2. The third-order valence-electron chi connectivity index (χ3n) is 5.57. The average molecular weight is 382 g/mol. The second kappa shape index (κ2) is 7.97. The highest BCUT2D eigenvalue weighted by Crippen LogP contribution is 2.36. The van der Waals surface area contributed by atoms with Crippen LogP contribution in [-0.2, 0) is 4.79 Å². The van der Waals surface area contributed by atoms with Gasteiger partial charge in [-0.15, -0.1) is 0 Å². The van der Waals surface area contributed by atoms with Crippen LogP contribution >= 0.6 is 0 Å². The number of likely N-dealkylation sites (N-methyl/N-ethyl adjacent to an activating group) is 1. The number of carboxylic acid groups (broad SMARTS) is 1. The van der Waals surface area contributed by atoms with Crippen LogP contribution in [0.2, 0.25) is 6.32 Å². The zero-order chi connectivity index (χ0) is 20.5. The van der Waals surface area contributed by atoms with Crippen molar-refractivity contribution in [3.05, 3.63) is 20.4 Å². The molecule has 0 aliphatic carbocycles. The third-order valence-corrected chi connectivity index (χ3v) is 5.57. The van der Waals surface area contributed by atoms with Gasteiger partial charge in [0, 0.05) is 38.6 Å². The SMILES string of the molecule is CC(CN)N(C)c1c(N2C[C@H](CCCB(O)O)[C@](N)(C(=O)O)C2)c(=O)c1=O. The molecule has 0 radical (unpaired) electrons. The predicted octanol–water partition coefficient (Wildman–Crippen LogP) is -2.46. The fraction of sp³-hybridized carbons (Fsp3) is 0.688. The molecule has 150 valence electrons. The highest BCUT2D eigenvalue weighted by atomic mass is 16.4. The van der Waals surface area contributed by atoms with E-state index >= 15 is 0 Å². The van der Waals surface area contributed by atoms with Crippen LogP contribution in [0, 0.1) is 5.92 Å². The molecule has 1 unspecified atom stereocenters. The van der Waals surface area contributed by atoms with Gasteiger partial charge in [0.1, 0.15) is 16.9 Å². The molecule has 0 amide bonds. The number of carboxylic acids is 1. The van der Waals surface area contributed by atoms with Crippen LogP contribution in [0.5, 0.6) is 0 Å². The molecule has 1 heterocycles. The smallest absolute Gasteiger partial charge is 0.451 e. The number of rotatable bonds is 9. The Morgan fingerprint density at radius 1 is 1.41 bits per heavy atom. The van der Waals surface area contributed by atoms with Crippen molar-refractivity contribution in [1.82, 2.24) is 0 Å². The quantitative estimate of drug-likeness (QED) is 0.228. The van der Waals surface area contributed by atoms with Crippen LogP contribution in [0.25, 0.3) is 0 Å². The summed E-state index contributed by atoms with van der Waals surface area (Å²) in [5.41, 5.74) is 9.34. The van der Waals surface area contributed by atoms with Gasteiger partial charge in [0.05, 0.1) is 0 Å². The highest BCUT2D eigenvalue weighted by Gasteiger charge is 2.51. The van der Waals surface area contributed by atoms with Gasteiger partial charge in [0.15, 0.2) is 0 Å². The number of hydrogen-bond donors (Lipinski definition) is 5. The molecular weight excluding hydrogens is 355 g/mol. The Morgan fingerprint density at radius 2 is 2.04 bits per heavy atom. The summed E-state index contributed by atoms with van der Waals surface area (Å²) in [6, 6.07) is -0.168. The molecule has 1 saturated heterocycles. The fourth-order valence-electron chi connectivity index (χ4n) is 3.61. The van der Waals surface area contributed by atoms with E-state index in [1.807, 2.05) is 6.92 Å². The van der Waals surface area contributed by atoms with E-state index in [2.05, 4.69) is 0 Å². The van der Waals surface area contributed by atoms with E-state index in [-0.39, 0.29) is 43.4 Å². The first kappa shape index (κ1) is 21.4. The number of hydrogen-bond acceptors (Lipinski definition) is 9. The molecule has 1 aliphatic rings. The lowest BCUT2D eigenvalue weighted by molar-refractivity contribution is -0.144. The Bertz CT molecular complexity index is 764. The predicted molar refractivity (Wildman–Crippen MR) is 103 cm³/mol. The van der Waals surface area contributed by atoms with Crippen molar-refractivity contribution in [1.29, 1.82) is 0 Å². The molecule has 0 saturated carbocycles. The standard InChI is InChI=1S/C16H27BN4O6/c1-9(6-18)20(2)11-12(14(23)13(11)22)21-7-10(4-3-5-17(26)27)16(19,8-21)15(24)25/h9-10,26-27H,3-8,18-19H2,1-2H3,(H,24,25)/t9?,10-,16-/m0/s1. The van der Waals surface area contributed by atoms with Gasteiger partial charge in [-0.3, -0.25) is 14.4 Å². The zero-order valence-electron chi connectivity index (χ0n) is 15.6. The lowest BCUT2D eigenvalue weighted by Crippen LogP contribution is -2.55. The van der Waals surface area contributed by atoms with E-state index in [0.717, 1.165) is 0 Å². The van der Waals surface area contributed by atoms with Crippen LogP contribution in [0.4, 0.5) is 11.4 Å². The molecule has 11 heteroatoms. The first-order chi connectivity index (χ1) is 12.5. The minimum absolute atomic E-state index is 0.0998. The molecule has 10 nitrogen and oxygen atoms in total. The van der Waals surface area contributed by atoms with Crippen LogP contribution in [0.3, 0.4) is 0 Å². The molecular formula is C16H27BN4O6. The fourth-order valence-corrected chi connectivity index (χ4v) is 3.61. The largest absolute Gasteiger partial charge is 0.480 e. The van der Waals surface area contributed by atoms with Crippen molar-refractivity contribution in [2.45, 2.75) is 37.7 Å². The number of nitrogens with two attached hydrogens (primary N) is 2. The van der Waals surface area contributed by atoms with Gasteiger partial charge in [-0.05, 0) is 19.7 Å². The van der Waals surface area contributed by atoms with Crippen molar-refractivity contribution in [3.63, 3.8) is 0 Å². The molecule has 7 N–H and O–H groups in total. The number of carbonyl (C=O) groups is 1. The maximum absolute atomic E-state index is 12.2. The van der Waals surface area contributed by atoms with Gasteiger partial charge in [0.25, 0.3) is 10.9 Å². The minimum atomic E-state index is -1.59. The Morgan fingerprint density at radius 3 is 2.56 bits per heavy atom. The number of anilines is 2. The summed E-state index contributed by atoms with van der Waals surface area (Å²) in [6.07, 6.45) is 0.844. The molecule has 2 rings (SSSR count). The van der Waals surface area contributed by atoms with Crippen LogP contribution in [0.15, 0.2) is 9.59 Å². The van der Waals surface area contributed by atoms with Gasteiger partial charge < -0.3 is 36.4 Å². The Labute approximate surface area is 157 Å². The Balaban J connectivity index is 2.28. The summed E-state index contributed by atoms with van der Waals surface area (Å²) in [4.78, 5) is 39.3. The van der Waals surface area contributed by atoms with Gasteiger partial charge in [0.2, 0.25) is 0 Å².